The number of benzene rings is 2. The molecule has 13 heteroatoms. The average molecular weight is 568 g/mol. The highest BCUT2D eigenvalue weighted by Crippen LogP contribution is 2.32. The van der Waals surface area contributed by atoms with E-state index in [0.717, 1.165) is 29.4 Å². The molecule has 0 aliphatic carbocycles. The van der Waals surface area contributed by atoms with E-state index < -0.39 is 46.2 Å². The first-order valence-electron chi connectivity index (χ1n) is 10.7. The molecule has 2 aromatic carbocycles. The van der Waals surface area contributed by atoms with Gasteiger partial charge in [0.1, 0.15) is 12.6 Å². The van der Waals surface area contributed by atoms with Crippen molar-refractivity contribution in [2.75, 3.05) is 17.1 Å². The van der Waals surface area contributed by atoms with Crippen molar-refractivity contribution in [3.8, 4) is 0 Å². The highest BCUT2D eigenvalue weighted by molar-refractivity contribution is 7.92. The Balaban J connectivity index is 2.48. The van der Waals surface area contributed by atoms with Crippen LogP contribution in [0.5, 0.6) is 0 Å². The Bertz CT molecular complexity index is 1220. The number of amides is 2. The number of carbonyl (C=O) groups excluding carboxylic acids is 2. The van der Waals surface area contributed by atoms with Crippen LogP contribution in [0.25, 0.3) is 0 Å². The third kappa shape index (κ3) is 8.01. The van der Waals surface area contributed by atoms with E-state index in [1.54, 1.807) is 19.9 Å². The van der Waals surface area contributed by atoms with E-state index in [2.05, 4.69) is 5.32 Å². The summed E-state index contributed by atoms with van der Waals surface area (Å²) in [4.78, 5) is 27.2. The fraction of sp³-hybridized carbons (Fsp3) is 0.391. The number of carbonyl (C=O) groups is 2. The van der Waals surface area contributed by atoms with E-state index in [1.807, 2.05) is 0 Å². The maximum absolute atomic E-state index is 13.4. The molecule has 1 N–H and O–H groups in total. The minimum absolute atomic E-state index is 0.179. The maximum Gasteiger partial charge on any atom is 0.416 e. The van der Waals surface area contributed by atoms with E-state index >= 15 is 0 Å². The van der Waals surface area contributed by atoms with Gasteiger partial charge >= 0.3 is 6.18 Å². The van der Waals surface area contributed by atoms with Gasteiger partial charge in [0, 0.05) is 22.6 Å². The minimum Gasteiger partial charge on any atom is -0.352 e. The zero-order valence-corrected chi connectivity index (χ0v) is 22.3. The lowest BCUT2D eigenvalue weighted by Crippen LogP contribution is -2.52. The molecule has 0 bridgehead atoms. The molecule has 0 fully saturated rings. The van der Waals surface area contributed by atoms with Gasteiger partial charge in [-0.15, -0.1) is 0 Å². The fourth-order valence-corrected chi connectivity index (χ4v) is 4.58. The normalized spacial score (nSPS) is 12.8. The zero-order valence-electron chi connectivity index (χ0n) is 19.9. The summed E-state index contributed by atoms with van der Waals surface area (Å²) in [6.07, 6.45) is -3.94. The van der Waals surface area contributed by atoms with Crippen LogP contribution in [0, 0.1) is 0 Å². The first-order valence-corrected chi connectivity index (χ1v) is 13.3. The van der Waals surface area contributed by atoms with Crippen molar-refractivity contribution in [2.45, 2.75) is 45.6 Å². The largest absolute Gasteiger partial charge is 0.416 e. The summed E-state index contributed by atoms with van der Waals surface area (Å²) in [6, 6.07) is 6.87. The molecule has 0 radical (unpaired) electrons. The highest BCUT2D eigenvalue weighted by atomic mass is 35.5. The van der Waals surface area contributed by atoms with Crippen molar-refractivity contribution in [1.29, 1.82) is 0 Å². The molecule has 0 aliphatic rings. The van der Waals surface area contributed by atoms with Crippen molar-refractivity contribution < 1.29 is 31.2 Å². The molecule has 198 valence electrons. The Hall–Kier alpha value is -2.50. The van der Waals surface area contributed by atoms with Crippen LogP contribution in [0.3, 0.4) is 0 Å². The van der Waals surface area contributed by atoms with Crippen molar-refractivity contribution in [3.63, 3.8) is 0 Å². The fourth-order valence-electron chi connectivity index (χ4n) is 3.27. The van der Waals surface area contributed by atoms with E-state index in [0.29, 0.717) is 21.0 Å². The second kappa shape index (κ2) is 11.7. The van der Waals surface area contributed by atoms with Crippen LogP contribution in [0.2, 0.25) is 10.0 Å². The molecule has 0 aliphatic heterocycles. The molecule has 0 saturated carbocycles. The molecule has 0 heterocycles. The number of halogens is 5. The summed E-state index contributed by atoms with van der Waals surface area (Å²) in [5.41, 5.74) is -0.983. The van der Waals surface area contributed by atoms with Crippen molar-refractivity contribution in [3.05, 3.63) is 63.6 Å². The van der Waals surface area contributed by atoms with Crippen LogP contribution in [0.1, 0.15) is 31.9 Å². The van der Waals surface area contributed by atoms with Gasteiger partial charge in [-0.3, -0.25) is 13.9 Å². The number of rotatable bonds is 9. The van der Waals surface area contributed by atoms with Crippen LogP contribution in [-0.2, 0) is 32.3 Å². The minimum atomic E-state index is -4.72. The van der Waals surface area contributed by atoms with Crippen molar-refractivity contribution in [1.82, 2.24) is 10.2 Å². The van der Waals surface area contributed by atoms with Gasteiger partial charge in [0.2, 0.25) is 21.8 Å². The van der Waals surface area contributed by atoms with Gasteiger partial charge < -0.3 is 10.2 Å². The predicted molar refractivity (Wildman–Crippen MR) is 133 cm³/mol. The number of nitrogens with zero attached hydrogens (tertiary/aromatic N) is 2. The summed E-state index contributed by atoms with van der Waals surface area (Å²) >= 11 is 12.2. The SMILES string of the molecule is CC(C)NC(=O)C(C)N(Cc1ccc(Cl)cc1Cl)C(=O)CN(c1cccc(C(F)(F)F)c1)S(C)(=O)=O. The van der Waals surface area contributed by atoms with Gasteiger partial charge in [-0.25, -0.2) is 8.42 Å². The lowest BCUT2D eigenvalue weighted by Gasteiger charge is -2.32. The molecule has 2 rings (SSSR count). The van der Waals surface area contributed by atoms with Gasteiger partial charge in [0.05, 0.1) is 17.5 Å². The molecular weight excluding hydrogens is 542 g/mol. The van der Waals surface area contributed by atoms with E-state index in [4.69, 9.17) is 23.2 Å². The lowest BCUT2D eigenvalue weighted by atomic mass is 10.1. The summed E-state index contributed by atoms with van der Waals surface area (Å²) in [5.74, 6) is -1.33. The number of nitrogens with one attached hydrogen (secondary N) is 1. The van der Waals surface area contributed by atoms with E-state index in [1.165, 1.54) is 19.1 Å². The third-order valence-corrected chi connectivity index (χ3v) is 6.82. The smallest absolute Gasteiger partial charge is 0.352 e. The van der Waals surface area contributed by atoms with E-state index in [9.17, 15) is 31.2 Å². The van der Waals surface area contributed by atoms with Crippen LogP contribution in [0.4, 0.5) is 18.9 Å². The molecule has 2 aromatic rings. The second-order valence-corrected chi connectivity index (χ2v) is 11.2. The third-order valence-electron chi connectivity index (χ3n) is 5.09. The summed E-state index contributed by atoms with van der Waals surface area (Å²) in [6.45, 7) is 3.89. The molecule has 0 spiro atoms. The summed E-state index contributed by atoms with van der Waals surface area (Å²) < 4.78 is 65.2. The number of hydrogen-bond donors (Lipinski definition) is 1. The first-order chi connectivity index (χ1) is 16.5. The number of anilines is 1. The van der Waals surface area contributed by atoms with Crippen LogP contribution in [-0.4, -0.2) is 50.0 Å². The van der Waals surface area contributed by atoms with Crippen molar-refractivity contribution >= 4 is 50.7 Å². The zero-order chi connectivity index (χ0) is 27.4. The predicted octanol–water partition coefficient (Wildman–Crippen LogP) is 4.72. The Kier molecular flexibility index (Phi) is 9.66. The van der Waals surface area contributed by atoms with Gasteiger partial charge in [-0.05, 0) is 56.7 Å². The van der Waals surface area contributed by atoms with Gasteiger partial charge in [0.15, 0.2) is 0 Å². The molecular formula is C23H26Cl2F3N3O4S. The molecule has 1 atom stereocenters. The Morgan fingerprint density at radius 3 is 2.22 bits per heavy atom. The summed E-state index contributed by atoms with van der Waals surface area (Å²) in [5, 5.41) is 3.25. The number of sulfonamides is 1. The first kappa shape index (κ1) is 29.7. The number of hydrogen-bond acceptors (Lipinski definition) is 4. The lowest BCUT2D eigenvalue weighted by molar-refractivity contribution is -0.139. The quantitative estimate of drug-likeness (QED) is 0.475. The highest BCUT2D eigenvalue weighted by Gasteiger charge is 2.33. The topological polar surface area (TPSA) is 86.8 Å². The molecule has 1 unspecified atom stereocenters. The molecule has 7 nitrogen and oxygen atoms in total. The average Bonchev–Trinajstić information content (AvgIpc) is 2.74. The molecule has 0 saturated heterocycles. The van der Waals surface area contributed by atoms with Crippen molar-refractivity contribution in [2.24, 2.45) is 0 Å². The Morgan fingerprint density at radius 1 is 1.06 bits per heavy atom. The maximum atomic E-state index is 13.4. The molecule has 36 heavy (non-hydrogen) atoms. The molecule has 0 aromatic heterocycles. The van der Waals surface area contributed by atoms with E-state index in [-0.39, 0.29) is 23.3 Å². The Labute approximate surface area is 218 Å². The van der Waals surface area contributed by atoms with Gasteiger partial charge in [-0.2, -0.15) is 13.2 Å². The summed E-state index contributed by atoms with van der Waals surface area (Å²) in [7, 11) is -4.19. The second-order valence-electron chi connectivity index (χ2n) is 8.41. The van der Waals surface area contributed by atoms with Gasteiger partial charge in [0.25, 0.3) is 0 Å². The monoisotopic (exact) mass is 567 g/mol. The van der Waals surface area contributed by atoms with Crippen LogP contribution in [0.15, 0.2) is 42.5 Å². The molecule has 2 amide bonds. The van der Waals surface area contributed by atoms with Gasteiger partial charge in [-0.1, -0.05) is 35.3 Å². The number of alkyl halides is 3. The van der Waals surface area contributed by atoms with Crippen LogP contribution < -0.4 is 9.62 Å². The standard InChI is InChI=1S/C23H26Cl2F3N3O4S/c1-14(2)29-22(33)15(3)30(12-16-8-9-18(24)11-20(16)25)21(32)13-31(36(4,34)35)19-7-5-6-17(10-19)23(26,27)28/h5-11,14-15H,12-13H2,1-4H3,(H,29,33). The van der Waals surface area contributed by atoms with Crippen LogP contribution >= 0.6 is 23.2 Å². The Morgan fingerprint density at radius 2 is 1.69 bits per heavy atom.